The lowest BCUT2D eigenvalue weighted by atomic mass is 9.97. The van der Waals surface area contributed by atoms with Gasteiger partial charge in [-0.1, -0.05) is 53.6 Å². The van der Waals surface area contributed by atoms with Crippen molar-refractivity contribution in [1.82, 2.24) is 14.9 Å². The van der Waals surface area contributed by atoms with Gasteiger partial charge in [-0.2, -0.15) is 0 Å². The highest BCUT2D eigenvalue weighted by atomic mass is 35.5. The van der Waals surface area contributed by atoms with Gasteiger partial charge in [0.25, 0.3) is 5.91 Å². The zero-order chi connectivity index (χ0) is 26.5. The Morgan fingerprint density at radius 1 is 1.16 bits per heavy atom. The van der Waals surface area contributed by atoms with Gasteiger partial charge in [-0.3, -0.25) is 4.79 Å². The van der Waals surface area contributed by atoms with Gasteiger partial charge in [0.2, 0.25) is 0 Å². The number of hydrogen-bond acceptors (Lipinski definition) is 4. The van der Waals surface area contributed by atoms with E-state index < -0.39 is 0 Å². The molecule has 0 fully saturated rings. The number of ether oxygens (including phenoxy) is 1. The molecule has 5 nitrogen and oxygen atoms in total. The van der Waals surface area contributed by atoms with Crippen molar-refractivity contribution >= 4 is 28.8 Å². The van der Waals surface area contributed by atoms with Crippen LogP contribution in [0.2, 0.25) is 5.02 Å². The molecule has 0 atom stereocenters. The third-order valence-corrected chi connectivity index (χ3v) is 8.30. The van der Waals surface area contributed by atoms with Crippen LogP contribution in [0.5, 0.6) is 5.75 Å². The molecule has 2 heterocycles. The number of amides is 1. The maximum atomic E-state index is 13.3. The molecule has 5 rings (SSSR count). The van der Waals surface area contributed by atoms with Crippen LogP contribution in [0, 0.1) is 6.92 Å². The summed E-state index contributed by atoms with van der Waals surface area (Å²) in [7, 11) is 1.66. The molecule has 0 saturated heterocycles. The minimum Gasteiger partial charge on any atom is -0.497 e. The van der Waals surface area contributed by atoms with E-state index in [1.165, 1.54) is 18.4 Å². The van der Waals surface area contributed by atoms with Gasteiger partial charge in [-0.15, -0.1) is 11.3 Å². The second kappa shape index (κ2) is 12.0. The van der Waals surface area contributed by atoms with Crippen LogP contribution in [0.1, 0.15) is 53.7 Å². The molecule has 0 bridgehead atoms. The predicted octanol–water partition coefficient (Wildman–Crippen LogP) is 7.92. The fourth-order valence-corrected chi connectivity index (χ4v) is 6.05. The lowest BCUT2D eigenvalue weighted by Crippen LogP contribution is -2.25. The molecule has 0 spiro atoms. The number of thiazole rings is 1. The zero-order valence-electron chi connectivity index (χ0n) is 21.8. The first-order valence-electron chi connectivity index (χ1n) is 13.0. The van der Waals surface area contributed by atoms with Gasteiger partial charge in [0.1, 0.15) is 10.8 Å². The Bertz CT molecular complexity index is 1450. The molecule has 1 N–H and O–H groups in total. The molecule has 0 saturated carbocycles. The average Bonchev–Trinajstić information content (AvgIpc) is 3.55. The third-order valence-electron chi connectivity index (χ3n) is 7.10. The summed E-state index contributed by atoms with van der Waals surface area (Å²) in [5.41, 5.74) is 6.81. The van der Waals surface area contributed by atoms with Crippen molar-refractivity contribution in [2.24, 2.45) is 0 Å². The first-order valence-corrected chi connectivity index (χ1v) is 14.3. The fraction of sp³-hybridized carbons (Fsp3) is 0.290. The van der Waals surface area contributed by atoms with Crippen molar-refractivity contribution in [3.05, 3.63) is 93.5 Å². The highest BCUT2D eigenvalue weighted by molar-refractivity contribution is 7.13. The van der Waals surface area contributed by atoms with Gasteiger partial charge in [0.05, 0.1) is 29.1 Å². The number of nitrogens with one attached hydrogen (secondary N) is 1. The molecule has 0 unspecified atom stereocenters. The van der Waals surface area contributed by atoms with Crippen LogP contribution in [0.3, 0.4) is 0 Å². The van der Waals surface area contributed by atoms with E-state index in [0.29, 0.717) is 23.7 Å². The standard InChI is InChI=1S/C31H32ClN3O2S/c1-21-26(30(36)33-17-16-22-8-4-3-5-9-22)18-29(35(21)19-23-12-14-24(37-2)15-13-23)28-20-38-31(34-28)25-10-6-7-11-27(25)32/h6-8,10-15,18,20H,3-5,9,16-17,19H2,1-2H3,(H,33,36). The van der Waals surface area contributed by atoms with Gasteiger partial charge < -0.3 is 14.6 Å². The average molecular weight is 546 g/mol. The van der Waals surface area contributed by atoms with E-state index in [9.17, 15) is 4.79 Å². The van der Waals surface area contributed by atoms with E-state index in [1.54, 1.807) is 18.4 Å². The normalized spacial score (nSPS) is 13.3. The summed E-state index contributed by atoms with van der Waals surface area (Å²) in [5.74, 6) is 0.769. The quantitative estimate of drug-likeness (QED) is 0.217. The fourth-order valence-electron chi connectivity index (χ4n) is 4.92. The molecular weight excluding hydrogens is 514 g/mol. The number of halogens is 1. The van der Waals surface area contributed by atoms with Gasteiger partial charge in [0, 0.05) is 29.7 Å². The largest absolute Gasteiger partial charge is 0.497 e. The maximum absolute atomic E-state index is 13.3. The van der Waals surface area contributed by atoms with Crippen molar-refractivity contribution in [2.75, 3.05) is 13.7 Å². The summed E-state index contributed by atoms with van der Waals surface area (Å²) in [4.78, 5) is 18.2. The molecule has 4 aromatic rings. The molecule has 1 aliphatic rings. The second-order valence-corrected chi connectivity index (χ2v) is 10.9. The van der Waals surface area contributed by atoms with E-state index in [1.807, 2.05) is 54.8 Å². The molecule has 1 aliphatic carbocycles. The SMILES string of the molecule is COc1ccc(Cn2c(-c3csc(-c4ccccc4Cl)n3)cc(C(=O)NCCC3=CCCCC3)c2C)cc1. The molecule has 2 aromatic heterocycles. The summed E-state index contributed by atoms with van der Waals surface area (Å²) in [6.45, 7) is 3.27. The highest BCUT2D eigenvalue weighted by Gasteiger charge is 2.21. The second-order valence-electron chi connectivity index (χ2n) is 9.59. The number of carbonyl (C=O) groups is 1. The first kappa shape index (κ1) is 26.3. The number of nitrogens with zero attached hydrogens (tertiary/aromatic N) is 2. The number of methoxy groups -OCH3 is 1. The summed E-state index contributed by atoms with van der Waals surface area (Å²) >= 11 is 8.00. The summed E-state index contributed by atoms with van der Waals surface area (Å²) in [6, 6.07) is 17.7. The Morgan fingerprint density at radius 2 is 1.97 bits per heavy atom. The number of aromatic nitrogens is 2. The van der Waals surface area contributed by atoms with Crippen LogP contribution < -0.4 is 10.1 Å². The molecular formula is C31H32ClN3O2S. The van der Waals surface area contributed by atoms with Gasteiger partial charge >= 0.3 is 0 Å². The van der Waals surface area contributed by atoms with Crippen molar-refractivity contribution in [1.29, 1.82) is 0 Å². The van der Waals surface area contributed by atoms with Crippen molar-refractivity contribution < 1.29 is 9.53 Å². The van der Waals surface area contributed by atoms with Crippen LogP contribution in [-0.2, 0) is 6.54 Å². The Balaban J connectivity index is 1.44. The molecule has 7 heteroatoms. The molecule has 38 heavy (non-hydrogen) atoms. The number of benzene rings is 2. The lowest BCUT2D eigenvalue weighted by Gasteiger charge is -2.13. The molecule has 0 aliphatic heterocycles. The van der Waals surface area contributed by atoms with Crippen molar-refractivity contribution in [2.45, 2.75) is 45.6 Å². The molecule has 0 radical (unpaired) electrons. The van der Waals surface area contributed by atoms with Crippen LogP contribution in [-0.4, -0.2) is 29.1 Å². The summed E-state index contributed by atoms with van der Waals surface area (Å²) < 4.78 is 7.50. The topological polar surface area (TPSA) is 56.2 Å². The van der Waals surface area contributed by atoms with Crippen LogP contribution in [0.4, 0.5) is 0 Å². The maximum Gasteiger partial charge on any atom is 0.253 e. The third kappa shape index (κ3) is 5.87. The van der Waals surface area contributed by atoms with Crippen molar-refractivity contribution in [3.63, 3.8) is 0 Å². The number of hydrogen-bond donors (Lipinski definition) is 1. The summed E-state index contributed by atoms with van der Waals surface area (Å²) in [6.07, 6.45) is 8.08. The van der Waals surface area contributed by atoms with Gasteiger partial charge in [-0.25, -0.2) is 4.98 Å². The zero-order valence-corrected chi connectivity index (χ0v) is 23.4. The number of rotatable bonds is 9. The predicted molar refractivity (Wildman–Crippen MR) is 156 cm³/mol. The Kier molecular flexibility index (Phi) is 8.30. The highest BCUT2D eigenvalue weighted by Crippen LogP contribution is 2.35. The van der Waals surface area contributed by atoms with E-state index in [-0.39, 0.29) is 5.91 Å². The number of carbonyl (C=O) groups excluding carboxylic acids is 1. The van der Waals surface area contributed by atoms with E-state index >= 15 is 0 Å². The first-order chi connectivity index (χ1) is 18.5. The van der Waals surface area contributed by atoms with Crippen LogP contribution >= 0.6 is 22.9 Å². The smallest absolute Gasteiger partial charge is 0.253 e. The molecule has 1 amide bonds. The minimum atomic E-state index is -0.0461. The Labute approximate surface area is 233 Å². The monoisotopic (exact) mass is 545 g/mol. The van der Waals surface area contributed by atoms with E-state index in [2.05, 4.69) is 28.1 Å². The van der Waals surface area contributed by atoms with Crippen LogP contribution in [0.25, 0.3) is 22.0 Å². The van der Waals surface area contributed by atoms with E-state index in [4.69, 9.17) is 21.3 Å². The van der Waals surface area contributed by atoms with Gasteiger partial charge in [0.15, 0.2) is 0 Å². The minimum absolute atomic E-state index is 0.0461. The number of allylic oxidation sites excluding steroid dienone is 1. The van der Waals surface area contributed by atoms with Crippen molar-refractivity contribution in [3.8, 4) is 27.7 Å². The Hall–Kier alpha value is -3.35. The molecule has 196 valence electrons. The Morgan fingerprint density at radius 3 is 2.71 bits per heavy atom. The van der Waals surface area contributed by atoms with Gasteiger partial charge in [-0.05, 0) is 68.9 Å². The molecule has 2 aromatic carbocycles. The summed E-state index contributed by atoms with van der Waals surface area (Å²) in [5, 5.41) is 6.72. The lowest BCUT2D eigenvalue weighted by molar-refractivity contribution is 0.0953. The van der Waals surface area contributed by atoms with E-state index in [0.717, 1.165) is 58.2 Å². The van der Waals surface area contributed by atoms with Crippen LogP contribution in [0.15, 0.2) is 71.6 Å².